The lowest BCUT2D eigenvalue weighted by Gasteiger charge is -2.09. The van der Waals surface area contributed by atoms with Crippen LogP contribution in [-0.2, 0) is 4.99 Å². The van der Waals surface area contributed by atoms with Crippen LogP contribution in [0.15, 0.2) is 18.2 Å². The summed E-state index contributed by atoms with van der Waals surface area (Å²) in [5, 5.41) is 0. The van der Waals surface area contributed by atoms with Gasteiger partial charge in [0, 0.05) is 19.7 Å². The minimum Gasteiger partial charge on any atom is -0.345 e. The van der Waals surface area contributed by atoms with Gasteiger partial charge in [0.15, 0.2) is 5.75 Å². The molecule has 1 N–H and O–H groups in total. The Morgan fingerprint density at radius 1 is 1.43 bits per heavy atom. The largest absolute Gasteiger partial charge is 0.345 e. The van der Waals surface area contributed by atoms with E-state index in [1.54, 1.807) is 32.3 Å². The number of rotatable bonds is 1. The van der Waals surface area contributed by atoms with Crippen LogP contribution in [0.1, 0.15) is 10.4 Å². The van der Waals surface area contributed by atoms with Gasteiger partial charge in [-0.1, -0.05) is 4.99 Å². The smallest absolute Gasteiger partial charge is 0.253 e. The van der Waals surface area contributed by atoms with Crippen LogP contribution in [0.4, 0.5) is 5.69 Å². The highest BCUT2D eigenvalue weighted by molar-refractivity contribution is 5.95. The van der Waals surface area contributed by atoms with Gasteiger partial charge in [0.2, 0.25) is 0 Å². The monoisotopic (exact) mass is 194 g/mol. The fraction of sp³-hybridized carbons (Fsp3) is 0.222. The van der Waals surface area contributed by atoms with Crippen LogP contribution in [0.2, 0.25) is 0 Å². The molecule has 14 heavy (non-hydrogen) atoms. The van der Waals surface area contributed by atoms with Crippen molar-refractivity contribution in [1.29, 1.82) is 0 Å². The van der Waals surface area contributed by atoms with E-state index >= 15 is 0 Å². The van der Waals surface area contributed by atoms with Gasteiger partial charge >= 0.3 is 0 Å². The number of carbonyl (C=O) groups excluding carboxylic acids is 1. The van der Waals surface area contributed by atoms with Gasteiger partial charge < -0.3 is 9.79 Å². The van der Waals surface area contributed by atoms with E-state index < -0.39 is 0 Å². The molecule has 0 saturated carbocycles. The molecule has 0 unspecified atom stereocenters. The van der Waals surface area contributed by atoms with Crippen molar-refractivity contribution in [3.05, 3.63) is 23.8 Å². The molecule has 1 amide bonds. The van der Waals surface area contributed by atoms with E-state index in [1.165, 1.54) is 4.90 Å². The van der Waals surface area contributed by atoms with Crippen LogP contribution >= 0.6 is 0 Å². The summed E-state index contributed by atoms with van der Waals surface area (Å²) in [7, 11) is 3.40. The number of carbonyl (C=O) groups is 1. The third-order valence-electron chi connectivity index (χ3n) is 1.92. The van der Waals surface area contributed by atoms with E-state index in [0.717, 1.165) is 5.69 Å². The van der Waals surface area contributed by atoms with Gasteiger partial charge in [-0.05, 0) is 18.2 Å². The van der Waals surface area contributed by atoms with E-state index in [2.05, 4.69) is 10.5 Å². The van der Waals surface area contributed by atoms with Crippen molar-refractivity contribution in [2.75, 3.05) is 19.6 Å². The summed E-state index contributed by atoms with van der Waals surface area (Å²) in [5.41, 5.74) is 3.84. The van der Waals surface area contributed by atoms with Gasteiger partial charge in [0.25, 0.3) is 5.91 Å². The molecule has 74 valence electrons. The third kappa shape index (κ3) is 1.38. The highest BCUT2D eigenvalue weighted by Crippen LogP contribution is 2.30. The highest BCUT2D eigenvalue weighted by Gasteiger charge is 2.16. The molecule has 0 radical (unpaired) electrons. The quantitative estimate of drug-likeness (QED) is 0.678. The Bertz CT molecular complexity index is 376. The Labute approximate surface area is 81.1 Å². The normalized spacial score (nSPS) is 12.7. The SMILES string of the molecule is CN(C)C(=O)c1ccc2c(c1)OON2. The molecule has 5 nitrogen and oxygen atoms in total. The van der Waals surface area contributed by atoms with Crippen molar-refractivity contribution < 1.29 is 14.7 Å². The van der Waals surface area contributed by atoms with Gasteiger partial charge in [-0.15, -0.1) is 0 Å². The lowest BCUT2D eigenvalue weighted by Crippen LogP contribution is -2.21. The Hall–Kier alpha value is -1.75. The molecule has 0 aromatic heterocycles. The maximum absolute atomic E-state index is 11.6. The Morgan fingerprint density at radius 3 is 2.93 bits per heavy atom. The molecule has 0 saturated heterocycles. The number of nitrogens with one attached hydrogen (secondary N) is 1. The van der Waals surface area contributed by atoms with Crippen LogP contribution < -0.4 is 10.4 Å². The molecular weight excluding hydrogens is 184 g/mol. The maximum Gasteiger partial charge on any atom is 0.253 e. The maximum atomic E-state index is 11.6. The van der Waals surface area contributed by atoms with Crippen molar-refractivity contribution in [1.82, 2.24) is 4.90 Å². The molecule has 0 atom stereocenters. The number of benzene rings is 1. The zero-order valence-electron chi connectivity index (χ0n) is 7.90. The van der Waals surface area contributed by atoms with Gasteiger partial charge in [-0.2, -0.15) is 0 Å². The second-order valence-corrected chi connectivity index (χ2v) is 3.18. The van der Waals surface area contributed by atoms with Gasteiger partial charge in [0.05, 0.1) is 0 Å². The summed E-state index contributed by atoms with van der Waals surface area (Å²) in [5.74, 6) is 0.459. The van der Waals surface area contributed by atoms with Crippen molar-refractivity contribution in [3.8, 4) is 5.75 Å². The predicted molar refractivity (Wildman–Crippen MR) is 49.8 cm³/mol. The highest BCUT2D eigenvalue weighted by atomic mass is 17.3. The van der Waals surface area contributed by atoms with E-state index in [-0.39, 0.29) is 5.91 Å². The van der Waals surface area contributed by atoms with Gasteiger partial charge in [-0.25, -0.2) is 5.48 Å². The second kappa shape index (κ2) is 3.19. The van der Waals surface area contributed by atoms with E-state index in [1.807, 2.05) is 0 Å². The summed E-state index contributed by atoms with van der Waals surface area (Å²) in [4.78, 5) is 22.4. The molecule has 0 spiro atoms. The van der Waals surface area contributed by atoms with Crippen LogP contribution in [0, 0.1) is 0 Å². The van der Waals surface area contributed by atoms with Crippen LogP contribution in [0.25, 0.3) is 0 Å². The van der Waals surface area contributed by atoms with E-state index in [9.17, 15) is 4.79 Å². The second-order valence-electron chi connectivity index (χ2n) is 3.18. The lowest BCUT2D eigenvalue weighted by atomic mass is 10.2. The molecule has 0 bridgehead atoms. The van der Waals surface area contributed by atoms with E-state index in [4.69, 9.17) is 4.89 Å². The number of hydrogen-bond donors (Lipinski definition) is 1. The molecule has 1 aliphatic rings. The Morgan fingerprint density at radius 2 is 2.21 bits per heavy atom. The van der Waals surface area contributed by atoms with Crippen molar-refractivity contribution >= 4 is 11.6 Å². The first-order chi connectivity index (χ1) is 6.68. The molecule has 2 rings (SSSR count). The predicted octanol–water partition coefficient (Wildman–Crippen LogP) is 1.04. The first-order valence-electron chi connectivity index (χ1n) is 4.14. The first-order valence-corrected chi connectivity index (χ1v) is 4.14. The molecule has 1 aromatic rings. The number of anilines is 1. The molecule has 1 aromatic carbocycles. The molecule has 5 heteroatoms. The molecule has 0 aliphatic carbocycles. The zero-order chi connectivity index (χ0) is 10.1. The minimum atomic E-state index is -0.0664. The fourth-order valence-electron chi connectivity index (χ4n) is 1.18. The van der Waals surface area contributed by atoms with E-state index in [0.29, 0.717) is 11.3 Å². The average Bonchev–Trinajstić information content (AvgIpc) is 2.62. The summed E-state index contributed by atoms with van der Waals surface area (Å²) < 4.78 is 0. The van der Waals surface area contributed by atoms with Gasteiger partial charge in [-0.3, -0.25) is 4.79 Å². The molecular formula is C9H10N2O3. The Balaban J connectivity index is 2.33. The third-order valence-corrected chi connectivity index (χ3v) is 1.92. The lowest BCUT2D eigenvalue weighted by molar-refractivity contribution is -0.160. The molecule has 1 heterocycles. The number of nitrogens with zero attached hydrogens (tertiary/aromatic N) is 1. The number of hydrogen-bond acceptors (Lipinski definition) is 4. The summed E-state index contributed by atoms with van der Waals surface area (Å²) in [6.45, 7) is 0. The minimum absolute atomic E-state index is 0.0664. The summed E-state index contributed by atoms with van der Waals surface area (Å²) in [6, 6.07) is 5.09. The fourth-order valence-corrected chi connectivity index (χ4v) is 1.18. The van der Waals surface area contributed by atoms with Crippen molar-refractivity contribution in [3.63, 3.8) is 0 Å². The standard InChI is InChI=1S/C9H10N2O3/c1-11(2)9(12)6-3-4-7-8(5-6)13-14-10-7/h3-5,10H,1-2H3. The van der Waals surface area contributed by atoms with Crippen LogP contribution in [-0.4, -0.2) is 24.9 Å². The van der Waals surface area contributed by atoms with Crippen LogP contribution in [0.3, 0.4) is 0 Å². The van der Waals surface area contributed by atoms with Crippen molar-refractivity contribution in [2.45, 2.75) is 0 Å². The topological polar surface area (TPSA) is 50.8 Å². The zero-order valence-corrected chi connectivity index (χ0v) is 7.90. The molecule has 0 fully saturated rings. The first kappa shape index (κ1) is 8.83. The molecule has 1 aliphatic heterocycles. The van der Waals surface area contributed by atoms with Crippen LogP contribution in [0.5, 0.6) is 5.75 Å². The number of fused-ring (bicyclic) bond motifs is 1. The van der Waals surface area contributed by atoms with Gasteiger partial charge in [0.1, 0.15) is 5.69 Å². The summed E-state index contributed by atoms with van der Waals surface area (Å²) in [6.07, 6.45) is 0. The Kier molecular flexibility index (Phi) is 2.01. The van der Waals surface area contributed by atoms with Crippen molar-refractivity contribution in [2.24, 2.45) is 0 Å². The number of amides is 1. The summed E-state index contributed by atoms with van der Waals surface area (Å²) >= 11 is 0. The average molecular weight is 194 g/mol.